The lowest BCUT2D eigenvalue weighted by Crippen LogP contribution is -2.26. The Bertz CT molecular complexity index is 631. The second kappa shape index (κ2) is 5.89. The van der Waals surface area contributed by atoms with Crippen LogP contribution in [0.5, 0.6) is 5.75 Å². The van der Waals surface area contributed by atoms with E-state index in [9.17, 15) is 0 Å². The fourth-order valence-corrected chi connectivity index (χ4v) is 2.84. The number of aryl methyl sites for hydroxylation is 1. The van der Waals surface area contributed by atoms with Crippen LogP contribution in [0.2, 0.25) is 0 Å². The van der Waals surface area contributed by atoms with Crippen LogP contribution in [-0.4, -0.2) is 16.5 Å². The van der Waals surface area contributed by atoms with E-state index >= 15 is 0 Å². The van der Waals surface area contributed by atoms with Crippen molar-refractivity contribution in [2.24, 2.45) is 0 Å². The maximum absolute atomic E-state index is 5.76. The summed E-state index contributed by atoms with van der Waals surface area (Å²) in [6.45, 7) is 4.23. The van der Waals surface area contributed by atoms with Crippen molar-refractivity contribution in [2.75, 3.05) is 6.54 Å². The van der Waals surface area contributed by atoms with Crippen LogP contribution in [0.4, 0.5) is 0 Å². The molecule has 1 aromatic carbocycles. The second-order valence-corrected chi connectivity index (χ2v) is 5.64. The molecular formula is C15H16BrN3O. The number of aromatic nitrogens is 2. The maximum Gasteiger partial charge on any atom is 0.167 e. The zero-order chi connectivity index (χ0) is 13.9. The number of hydrogen-bond donors (Lipinski definition) is 1. The van der Waals surface area contributed by atoms with Crippen molar-refractivity contribution in [3.8, 4) is 5.75 Å². The highest BCUT2D eigenvalue weighted by molar-refractivity contribution is 9.10. The van der Waals surface area contributed by atoms with Gasteiger partial charge in [0.1, 0.15) is 17.0 Å². The van der Waals surface area contributed by atoms with Crippen LogP contribution in [0.1, 0.15) is 22.6 Å². The molecule has 2 aromatic rings. The van der Waals surface area contributed by atoms with E-state index in [-0.39, 0.29) is 0 Å². The van der Waals surface area contributed by atoms with Crippen molar-refractivity contribution in [1.82, 2.24) is 15.3 Å². The van der Waals surface area contributed by atoms with Gasteiger partial charge in [-0.15, -0.1) is 0 Å². The maximum atomic E-state index is 5.76. The van der Waals surface area contributed by atoms with E-state index in [0.29, 0.717) is 6.61 Å². The Morgan fingerprint density at radius 2 is 2.25 bits per heavy atom. The predicted octanol–water partition coefficient (Wildman–Crippen LogP) is 2.77. The van der Waals surface area contributed by atoms with Gasteiger partial charge in [-0.3, -0.25) is 0 Å². The molecule has 20 heavy (non-hydrogen) atoms. The molecule has 1 N–H and O–H groups in total. The van der Waals surface area contributed by atoms with Crippen LogP contribution in [0.25, 0.3) is 0 Å². The standard InChI is InChI=1S/C15H16BrN3O/c1-10-3-2-4-11(7-10)20-9-14-18-13-5-6-17-8-12(13)15(16)19-14/h2-4,7,17H,5-6,8-9H2,1H3. The zero-order valence-electron chi connectivity index (χ0n) is 11.3. The van der Waals surface area contributed by atoms with Crippen LogP contribution in [0.15, 0.2) is 28.9 Å². The smallest absolute Gasteiger partial charge is 0.167 e. The number of nitrogens with one attached hydrogen (secondary N) is 1. The molecule has 0 radical (unpaired) electrons. The molecule has 0 saturated heterocycles. The number of benzene rings is 1. The molecule has 0 amide bonds. The normalized spacial score (nSPS) is 13.9. The summed E-state index contributed by atoms with van der Waals surface area (Å²) in [5, 5.41) is 3.32. The van der Waals surface area contributed by atoms with E-state index < -0.39 is 0 Å². The van der Waals surface area contributed by atoms with Gasteiger partial charge in [0.15, 0.2) is 5.82 Å². The second-order valence-electron chi connectivity index (χ2n) is 4.89. The van der Waals surface area contributed by atoms with Gasteiger partial charge in [-0.1, -0.05) is 12.1 Å². The van der Waals surface area contributed by atoms with Crippen molar-refractivity contribution in [3.05, 3.63) is 51.5 Å². The number of rotatable bonds is 3. The van der Waals surface area contributed by atoms with Crippen LogP contribution in [-0.2, 0) is 19.6 Å². The molecule has 0 unspecified atom stereocenters. The van der Waals surface area contributed by atoms with Gasteiger partial charge in [-0.2, -0.15) is 0 Å². The molecule has 1 aromatic heterocycles. The first-order valence-corrected chi connectivity index (χ1v) is 7.46. The van der Waals surface area contributed by atoms with Crippen LogP contribution in [0.3, 0.4) is 0 Å². The Balaban J connectivity index is 1.76. The highest BCUT2D eigenvalue weighted by Gasteiger charge is 2.16. The molecular weight excluding hydrogens is 318 g/mol. The average molecular weight is 334 g/mol. The van der Waals surface area contributed by atoms with Crippen molar-refractivity contribution in [2.45, 2.75) is 26.5 Å². The molecule has 0 saturated carbocycles. The minimum atomic E-state index is 0.392. The first kappa shape index (κ1) is 13.5. The SMILES string of the molecule is Cc1cccc(OCc2nc(Br)c3c(n2)CCNC3)c1. The molecule has 2 heterocycles. The molecule has 0 aliphatic carbocycles. The molecule has 0 fully saturated rings. The zero-order valence-corrected chi connectivity index (χ0v) is 12.9. The largest absolute Gasteiger partial charge is 0.486 e. The lowest BCUT2D eigenvalue weighted by molar-refractivity contribution is 0.294. The van der Waals surface area contributed by atoms with Crippen LogP contribution < -0.4 is 10.1 Å². The Hall–Kier alpha value is -1.46. The lowest BCUT2D eigenvalue weighted by atomic mass is 10.1. The van der Waals surface area contributed by atoms with E-state index in [4.69, 9.17) is 4.74 Å². The topological polar surface area (TPSA) is 47.0 Å². The van der Waals surface area contributed by atoms with Crippen molar-refractivity contribution in [1.29, 1.82) is 0 Å². The van der Waals surface area contributed by atoms with Gasteiger partial charge in [0, 0.05) is 25.1 Å². The van der Waals surface area contributed by atoms with Crippen LogP contribution >= 0.6 is 15.9 Å². The summed E-state index contributed by atoms with van der Waals surface area (Å²) >= 11 is 3.52. The first-order valence-electron chi connectivity index (χ1n) is 6.67. The molecule has 1 aliphatic heterocycles. The van der Waals surface area contributed by atoms with E-state index in [1.807, 2.05) is 31.2 Å². The minimum Gasteiger partial charge on any atom is -0.486 e. The fraction of sp³-hybridized carbons (Fsp3) is 0.333. The van der Waals surface area contributed by atoms with Gasteiger partial charge >= 0.3 is 0 Å². The van der Waals surface area contributed by atoms with Gasteiger partial charge < -0.3 is 10.1 Å². The molecule has 4 nitrogen and oxygen atoms in total. The summed E-state index contributed by atoms with van der Waals surface area (Å²) < 4.78 is 6.63. The summed E-state index contributed by atoms with van der Waals surface area (Å²) in [5.41, 5.74) is 3.46. The van der Waals surface area contributed by atoms with E-state index in [1.54, 1.807) is 0 Å². The summed E-state index contributed by atoms with van der Waals surface area (Å²) in [4.78, 5) is 9.07. The average Bonchev–Trinajstić information content (AvgIpc) is 2.45. The summed E-state index contributed by atoms with van der Waals surface area (Å²) in [7, 11) is 0. The van der Waals surface area contributed by atoms with E-state index in [2.05, 4.69) is 31.2 Å². The molecule has 0 atom stereocenters. The third kappa shape index (κ3) is 2.99. The summed E-state index contributed by atoms with van der Waals surface area (Å²) in [5.74, 6) is 1.57. The number of fused-ring (bicyclic) bond motifs is 1. The van der Waals surface area contributed by atoms with Gasteiger partial charge in [-0.05, 0) is 40.5 Å². The summed E-state index contributed by atoms with van der Waals surface area (Å²) in [6.07, 6.45) is 0.938. The molecule has 0 bridgehead atoms. The van der Waals surface area contributed by atoms with Gasteiger partial charge in [0.05, 0.1) is 5.69 Å². The number of ether oxygens (including phenoxy) is 1. The van der Waals surface area contributed by atoms with Gasteiger partial charge in [0.25, 0.3) is 0 Å². The highest BCUT2D eigenvalue weighted by Crippen LogP contribution is 2.21. The fourth-order valence-electron chi connectivity index (χ4n) is 2.27. The molecule has 1 aliphatic rings. The number of nitrogens with zero attached hydrogens (tertiary/aromatic N) is 2. The van der Waals surface area contributed by atoms with Gasteiger partial charge in [0.2, 0.25) is 0 Å². The molecule has 5 heteroatoms. The van der Waals surface area contributed by atoms with Crippen LogP contribution in [0, 0.1) is 6.92 Å². The Morgan fingerprint density at radius 3 is 3.10 bits per heavy atom. The molecule has 3 rings (SSSR count). The summed E-state index contributed by atoms with van der Waals surface area (Å²) in [6, 6.07) is 7.99. The molecule has 0 spiro atoms. The van der Waals surface area contributed by atoms with Crippen molar-refractivity contribution >= 4 is 15.9 Å². The number of hydrogen-bond acceptors (Lipinski definition) is 4. The monoisotopic (exact) mass is 333 g/mol. The Morgan fingerprint density at radius 1 is 1.35 bits per heavy atom. The van der Waals surface area contributed by atoms with Gasteiger partial charge in [-0.25, -0.2) is 9.97 Å². The third-order valence-electron chi connectivity index (χ3n) is 3.29. The van der Waals surface area contributed by atoms with Crippen molar-refractivity contribution in [3.63, 3.8) is 0 Å². The lowest BCUT2D eigenvalue weighted by Gasteiger charge is -2.18. The highest BCUT2D eigenvalue weighted by atomic mass is 79.9. The Kier molecular flexibility index (Phi) is 3.98. The third-order valence-corrected chi connectivity index (χ3v) is 3.94. The quantitative estimate of drug-likeness (QED) is 0.877. The minimum absolute atomic E-state index is 0.392. The number of halogens is 1. The van der Waals surface area contributed by atoms with E-state index in [0.717, 1.165) is 46.9 Å². The van der Waals surface area contributed by atoms with Crippen molar-refractivity contribution < 1.29 is 4.74 Å². The Labute approximate surface area is 126 Å². The molecule has 104 valence electrons. The predicted molar refractivity (Wildman–Crippen MR) is 80.7 cm³/mol. The first-order chi connectivity index (χ1) is 9.72. The van der Waals surface area contributed by atoms with E-state index in [1.165, 1.54) is 5.56 Å².